The summed E-state index contributed by atoms with van der Waals surface area (Å²) >= 11 is 0. The molecule has 0 saturated carbocycles. The largest absolute Gasteiger partial charge is 0.543 e. The lowest BCUT2D eigenvalue weighted by atomic mass is 10.3. The maximum Gasteiger partial charge on any atom is 0.281 e. The second-order valence-corrected chi connectivity index (χ2v) is 11.5. The van der Waals surface area contributed by atoms with Gasteiger partial charge in [-0.15, -0.1) is 0 Å². The summed E-state index contributed by atoms with van der Waals surface area (Å²) < 4.78 is 6.39. The van der Waals surface area contributed by atoms with E-state index >= 15 is 0 Å². The Kier molecular flexibility index (Phi) is 5.33. The smallest absolute Gasteiger partial charge is 0.281 e. The minimum Gasteiger partial charge on any atom is -0.543 e. The number of hydrogen-bond donors (Lipinski definition) is 0. The number of non-ortho nitro benzene ring substituents is 1. The third kappa shape index (κ3) is 3.20. The van der Waals surface area contributed by atoms with Crippen molar-refractivity contribution in [1.82, 2.24) is 0 Å². The molecule has 0 spiro atoms. The van der Waals surface area contributed by atoms with E-state index in [2.05, 4.69) is 47.6 Å². The van der Waals surface area contributed by atoms with Gasteiger partial charge in [0, 0.05) is 0 Å². The van der Waals surface area contributed by atoms with Gasteiger partial charge in [0.25, 0.3) is 14.0 Å². The molecule has 0 saturated heterocycles. The predicted molar refractivity (Wildman–Crippen MR) is 83.6 cm³/mol. The highest BCUT2D eigenvalue weighted by molar-refractivity contribution is 6.78. The number of nitrogens with zero attached hydrogens (tertiary/aromatic N) is 1. The average Bonchev–Trinajstić information content (AvgIpc) is 2.34. The molecule has 0 aliphatic heterocycles. The molecule has 1 aromatic rings. The van der Waals surface area contributed by atoms with Crippen LogP contribution in [0.5, 0.6) is 5.75 Å². The highest BCUT2D eigenvalue weighted by Gasteiger charge is 2.47. The van der Waals surface area contributed by atoms with Crippen molar-refractivity contribution in [3.8, 4) is 5.75 Å². The third-order valence-electron chi connectivity index (χ3n) is 3.96. The van der Waals surface area contributed by atoms with Gasteiger partial charge in [-0.05, 0) is 28.8 Å². The molecule has 0 fully saturated rings. The second kappa shape index (κ2) is 6.39. The molecular weight excluding hydrogens is 270 g/mol. The fourth-order valence-corrected chi connectivity index (χ4v) is 8.40. The van der Waals surface area contributed by atoms with Crippen LogP contribution in [0.2, 0.25) is 16.6 Å². The van der Waals surface area contributed by atoms with Crippen LogP contribution in [-0.4, -0.2) is 13.2 Å². The minimum absolute atomic E-state index is 0.0401. The Morgan fingerprint density at radius 3 is 2.05 bits per heavy atom. The Balaban J connectivity index is 3.19. The van der Waals surface area contributed by atoms with E-state index in [1.165, 1.54) is 6.07 Å². The van der Waals surface area contributed by atoms with Crippen LogP contribution in [0.4, 0.5) is 5.69 Å². The summed E-state index contributed by atoms with van der Waals surface area (Å²) in [6.07, 6.45) is 0. The molecule has 0 unspecified atom stereocenters. The SMILES string of the molecule is CC(C)[Si](Oc1cc[c]c([N+](=O)[O-])c1)(C(C)C)C(C)C. The van der Waals surface area contributed by atoms with E-state index in [0.717, 1.165) is 0 Å². The summed E-state index contributed by atoms with van der Waals surface area (Å²) in [4.78, 5) is 10.4. The first-order chi connectivity index (χ1) is 9.21. The molecule has 0 bridgehead atoms. The Morgan fingerprint density at radius 1 is 1.15 bits per heavy atom. The number of rotatable bonds is 6. The Hall–Kier alpha value is -1.36. The summed E-state index contributed by atoms with van der Waals surface area (Å²) in [7, 11) is -2.06. The maximum absolute atomic E-state index is 10.9. The summed E-state index contributed by atoms with van der Waals surface area (Å²) in [6.45, 7) is 13.1. The normalized spacial score (nSPS) is 12.2. The van der Waals surface area contributed by atoms with Crippen LogP contribution in [0.25, 0.3) is 0 Å². The van der Waals surface area contributed by atoms with Gasteiger partial charge in [-0.3, -0.25) is 10.1 Å². The summed E-state index contributed by atoms with van der Waals surface area (Å²) in [5, 5.41) is 10.9. The maximum atomic E-state index is 10.9. The molecule has 0 atom stereocenters. The van der Waals surface area contributed by atoms with Gasteiger partial charge in [0.1, 0.15) is 5.75 Å². The molecule has 0 heterocycles. The van der Waals surface area contributed by atoms with E-state index in [1.54, 1.807) is 12.1 Å². The lowest BCUT2D eigenvalue weighted by Gasteiger charge is -2.42. The van der Waals surface area contributed by atoms with Crippen molar-refractivity contribution in [2.45, 2.75) is 58.2 Å². The first-order valence-corrected chi connectivity index (χ1v) is 9.21. The van der Waals surface area contributed by atoms with Crippen LogP contribution < -0.4 is 4.43 Å². The van der Waals surface area contributed by atoms with Gasteiger partial charge in [0.2, 0.25) is 0 Å². The van der Waals surface area contributed by atoms with Gasteiger partial charge in [-0.25, -0.2) is 0 Å². The van der Waals surface area contributed by atoms with Gasteiger partial charge < -0.3 is 4.43 Å². The van der Waals surface area contributed by atoms with E-state index in [1.807, 2.05) is 0 Å². The van der Waals surface area contributed by atoms with E-state index in [0.29, 0.717) is 22.4 Å². The van der Waals surface area contributed by atoms with Crippen molar-refractivity contribution in [1.29, 1.82) is 0 Å². The van der Waals surface area contributed by atoms with Crippen molar-refractivity contribution < 1.29 is 9.35 Å². The standard InChI is InChI=1S/C15H24NO3Si/c1-11(2)20(12(3)4,13(5)6)19-15-9-7-8-14(10-15)16(17)18/h7,9-13H,1-6H3. The van der Waals surface area contributed by atoms with Crippen LogP contribution >= 0.6 is 0 Å². The summed E-state index contributed by atoms with van der Waals surface area (Å²) in [5.41, 5.74) is 1.27. The van der Waals surface area contributed by atoms with Crippen LogP contribution in [0.3, 0.4) is 0 Å². The summed E-state index contributed by atoms with van der Waals surface area (Å²) in [5.74, 6) is 0.596. The number of hydrogen-bond acceptors (Lipinski definition) is 3. The van der Waals surface area contributed by atoms with Crippen molar-refractivity contribution in [3.05, 3.63) is 34.4 Å². The fraction of sp³-hybridized carbons (Fsp3) is 0.600. The average molecular weight is 294 g/mol. The van der Waals surface area contributed by atoms with Crippen LogP contribution in [0, 0.1) is 16.2 Å². The van der Waals surface area contributed by atoms with Crippen LogP contribution in [-0.2, 0) is 0 Å². The minimum atomic E-state index is -2.06. The zero-order chi connectivity index (χ0) is 15.5. The fourth-order valence-electron chi connectivity index (χ4n) is 3.16. The third-order valence-corrected chi connectivity index (χ3v) is 9.96. The highest BCUT2D eigenvalue weighted by Crippen LogP contribution is 2.42. The molecule has 1 aromatic carbocycles. The van der Waals surface area contributed by atoms with Crippen LogP contribution in [0.1, 0.15) is 41.5 Å². The lowest BCUT2D eigenvalue weighted by molar-refractivity contribution is -0.385. The molecule has 0 aromatic heterocycles. The van der Waals surface area contributed by atoms with E-state index < -0.39 is 13.2 Å². The molecule has 5 heteroatoms. The molecule has 0 aliphatic carbocycles. The van der Waals surface area contributed by atoms with E-state index in [4.69, 9.17) is 4.43 Å². The molecule has 1 rings (SSSR count). The Bertz CT molecular complexity index is 450. The van der Waals surface area contributed by atoms with Gasteiger partial charge in [0.05, 0.1) is 17.1 Å². The Labute approximate surface area is 122 Å². The monoisotopic (exact) mass is 294 g/mol. The lowest BCUT2D eigenvalue weighted by Crippen LogP contribution is -2.50. The molecule has 111 valence electrons. The second-order valence-electron chi connectivity index (χ2n) is 6.09. The first-order valence-electron chi connectivity index (χ1n) is 7.07. The van der Waals surface area contributed by atoms with E-state index in [9.17, 15) is 10.1 Å². The predicted octanol–water partition coefficient (Wildman–Crippen LogP) is 4.95. The summed E-state index contributed by atoms with van der Waals surface area (Å²) in [6, 6.07) is 7.43. The van der Waals surface area contributed by atoms with Gasteiger partial charge in [-0.2, -0.15) is 0 Å². The molecule has 20 heavy (non-hydrogen) atoms. The van der Waals surface area contributed by atoms with Crippen molar-refractivity contribution in [2.24, 2.45) is 0 Å². The molecule has 1 radical (unpaired) electrons. The molecule has 4 nitrogen and oxygen atoms in total. The Morgan fingerprint density at radius 2 is 1.65 bits per heavy atom. The first kappa shape index (κ1) is 16.7. The van der Waals surface area contributed by atoms with Gasteiger partial charge in [-0.1, -0.05) is 41.5 Å². The molecule has 0 N–H and O–H groups in total. The number of nitro benzene ring substituents is 1. The number of benzene rings is 1. The zero-order valence-electron chi connectivity index (χ0n) is 13.1. The van der Waals surface area contributed by atoms with Crippen molar-refractivity contribution in [3.63, 3.8) is 0 Å². The molecule has 0 aliphatic rings. The molecular formula is C15H24NO3Si. The van der Waals surface area contributed by atoms with Crippen LogP contribution in [0.15, 0.2) is 18.2 Å². The van der Waals surface area contributed by atoms with Crippen molar-refractivity contribution >= 4 is 14.0 Å². The quantitative estimate of drug-likeness (QED) is 0.424. The zero-order valence-corrected chi connectivity index (χ0v) is 14.1. The van der Waals surface area contributed by atoms with Gasteiger partial charge in [0.15, 0.2) is 0 Å². The van der Waals surface area contributed by atoms with Crippen molar-refractivity contribution in [2.75, 3.05) is 0 Å². The number of nitro groups is 1. The molecule has 0 amide bonds. The van der Waals surface area contributed by atoms with Gasteiger partial charge >= 0.3 is 0 Å². The van der Waals surface area contributed by atoms with E-state index in [-0.39, 0.29) is 5.69 Å². The highest BCUT2D eigenvalue weighted by atomic mass is 28.4. The topological polar surface area (TPSA) is 52.4 Å².